The van der Waals surface area contributed by atoms with E-state index in [0.29, 0.717) is 10.6 Å². The highest BCUT2D eigenvalue weighted by atomic mass is 35.5. The number of rotatable bonds is 5. The highest BCUT2D eigenvalue weighted by Crippen LogP contribution is 2.19. The first-order chi connectivity index (χ1) is 9.97. The minimum absolute atomic E-state index is 0.141. The molecule has 2 aromatic rings. The lowest BCUT2D eigenvalue weighted by atomic mass is 10.1. The molecule has 0 saturated heterocycles. The van der Waals surface area contributed by atoms with Crippen molar-refractivity contribution in [2.75, 3.05) is 0 Å². The van der Waals surface area contributed by atoms with Crippen LogP contribution in [0, 0.1) is 5.82 Å². The van der Waals surface area contributed by atoms with E-state index in [-0.39, 0.29) is 11.5 Å². The van der Waals surface area contributed by atoms with Crippen molar-refractivity contribution < 1.29 is 18.5 Å². The number of hydrogen-bond donors (Lipinski definition) is 1. The van der Waals surface area contributed by atoms with Crippen molar-refractivity contribution in [3.8, 4) is 0 Å². The first kappa shape index (κ1) is 15.7. The normalized spacial score (nSPS) is 12.1. The zero-order chi connectivity index (χ0) is 15.4. The van der Waals surface area contributed by atoms with E-state index in [1.807, 2.05) is 0 Å². The number of aromatic carboxylic acids is 1. The van der Waals surface area contributed by atoms with Gasteiger partial charge in [-0.3, -0.25) is 4.21 Å². The van der Waals surface area contributed by atoms with Gasteiger partial charge in [-0.15, -0.1) is 0 Å². The Morgan fingerprint density at radius 3 is 2.52 bits per heavy atom. The van der Waals surface area contributed by atoms with Crippen molar-refractivity contribution in [2.24, 2.45) is 0 Å². The topological polar surface area (TPSA) is 54.4 Å². The van der Waals surface area contributed by atoms with Gasteiger partial charge in [0.15, 0.2) is 0 Å². The Bertz CT molecular complexity index is 703. The fourth-order valence-corrected chi connectivity index (χ4v) is 3.38. The fourth-order valence-electron chi connectivity index (χ4n) is 1.85. The van der Waals surface area contributed by atoms with E-state index in [9.17, 15) is 13.4 Å². The summed E-state index contributed by atoms with van der Waals surface area (Å²) in [7, 11) is -1.26. The van der Waals surface area contributed by atoms with Gasteiger partial charge in [-0.05, 0) is 29.3 Å². The van der Waals surface area contributed by atoms with E-state index in [2.05, 4.69) is 0 Å². The highest BCUT2D eigenvalue weighted by molar-refractivity contribution is 7.83. The smallest absolute Gasteiger partial charge is 0.338 e. The number of carboxylic acid groups (broad SMARTS) is 1. The monoisotopic (exact) mass is 326 g/mol. The first-order valence-corrected chi connectivity index (χ1v) is 7.94. The van der Waals surface area contributed by atoms with Gasteiger partial charge >= 0.3 is 5.97 Å². The van der Waals surface area contributed by atoms with Gasteiger partial charge < -0.3 is 5.11 Å². The summed E-state index contributed by atoms with van der Waals surface area (Å²) in [6.07, 6.45) is 0. The van der Waals surface area contributed by atoms with Crippen LogP contribution < -0.4 is 0 Å². The molecule has 3 nitrogen and oxygen atoms in total. The average Bonchev–Trinajstić information content (AvgIpc) is 2.41. The number of carboxylic acids is 1. The lowest BCUT2D eigenvalue weighted by Gasteiger charge is -2.06. The summed E-state index contributed by atoms with van der Waals surface area (Å²) >= 11 is 5.99. The number of hydrogen-bond acceptors (Lipinski definition) is 2. The van der Waals surface area contributed by atoms with Crippen LogP contribution in [0.15, 0.2) is 42.5 Å². The summed E-state index contributed by atoms with van der Waals surface area (Å²) in [5.41, 5.74) is 0.860. The van der Waals surface area contributed by atoms with Crippen LogP contribution in [0.4, 0.5) is 4.39 Å². The van der Waals surface area contributed by atoms with E-state index in [0.717, 1.165) is 11.6 Å². The lowest BCUT2D eigenvalue weighted by Crippen LogP contribution is -2.04. The molecule has 0 aliphatic carbocycles. The Morgan fingerprint density at radius 1 is 1.19 bits per heavy atom. The number of carbonyl (C=O) groups is 1. The third kappa shape index (κ3) is 4.12. The van der Waals surface area contributed by atoms with Crippen LogP contribution in [0.5, 0.6) is 0 Å². The van der Waals surface area contributed by atoms with E-state index < -0.39 is 28.1 Å². The highest BCUT2D eigenvalue weighted by Gasteiger charge is 2.12. The summed E-state index contributed by atoms with van der Waals surface area (Å²) in [4.78, 5) is 10.7. The van der Waals surface area contributed by atoms with E-state index in [1.54, 1.807) is 24.3 Å². The second-order valence-electron chi connectivity index (χ2n) is 4.44. The Morgan fingerprint density at radius 2 is 1.90 bits per heavy atom. The van der Waals surface area contributed by atoms with Crippen LogP contribution in [0.25, 0.3) is 0 Å². The van der Waals surface area contributed by atoms with Gasteiger partial charge in [0.25, 0.3) is 0 Å². The molecule has 0 amide bonds. The summed E-state index contributed by atoms with van der Waals surface area (Å²) in [6.45, 7) is 0. The molecule has 2 rings (SSSR count). The van der Waals surface area contributed by atoms with E-state index >= 15 is 0 Å². The van der Waals surface area contributed by atoms with Crippen molar-refractivity contribution >= 4 is 28.4 Å². The van der Waals surface area contributed by atoms with Gasteiger partial charge in [0.1, 0.15) is 5.82 Å². The summed E-state index contributed by atoms with van der Waals surface area (Å²) in [5, 5.41) is 9.29. The van der Waals surface area contributed by atoms with Gasteiger partial charge in [0.2, 0.25) is 0 Å². The van der Waals surface area contributed by atoms with Crippen LogP contribution in [-0.4, -0.2) is 15.3 Å². The average molecular weight is 327 g/mol. The van der Waals surface area contributed by atoms with Crippen LogP contribution >= 0.6 is 11.6 Å². The van der Waals surface area contributed by atoms with Crippen molar-refractivity contribution in [2.45, 2.75) is 11.5 Å². The molecule has 1 N–H and O–H groups in total. The maximum absolute atomic E-state index is 13.5. The van der Waals surface area contributed by atoms with Crippen molar-refractivity contribution in [3.05, 3.63) is 70.0 Å². The molecule has 1 unspecified atom stereocenters. The minimum atomic E-state index is -1.32. The molecule has 0 radical (unpaired) electrons. The zero-order valence-corrected chi connectivity index (χ0v) is 12.5. The molecule has 0 heterocycles. The minimum Gasteiger partial charge on any atom is -0.478 e. The molecule has 0 aliphatic rings. The zero-order valence-electron chi connectivity index (χ0n) is 10.9. The molecule has 110 valence electrons. The summed E-state index contributed by atoms with van der Waals surface area (Å²) in [5.74, 6) is -1.74. The van der Waals surface area contributed by atoms with Crippen molar-refractivity contribution in [1.29, 1.82) is 0 Å². The Hall–Kier alpha value is -1.72. The molecule has 2 aromatic carbocycles. The molecule has 6 heteroatoms. The van der Waals surface area contributed by atoms with Gasteiger partial charge in [-0.2, -0.15) is 0 Å². The predicted octanol–water partition coefficient (Wildman–Crippen LogP) is 3.63. The molecule has 1 atom stereocenters. The maximum Gasteiger partial charge on any atom is 0.338 e. The SMILES string of the molecule is O=C(O)c1ccc(CS(=O)Cc2ccccc2Cl)cc1F. The lowest BCUT2D eigenvalue weighted by molar-refractivity contribution is 0.0692. The van der Waals surface area contributed by atoms with E-state index in [1.165, 1.54) is 12.1 Å². The van der Waals surface area contributed by atoms with Crippen molar-refractivity contribution in [3.63, 3.8) is 0 Å². The third-order valence-electron chi connectivity index (χ3n) is 2.87. The molecule has 21 heavy (non-hydrogen) atoms. The van der Waals surface area contributed by atoms with Gasteiger partial charge in [-0.25, -0.2) is 9.18 Å². The van der Waals surface area contributed by atoms with Crippen LogP contribution in [0.2, 0.25) is 5.02 Å². The quantitative estimate of drug-likeness (QED) is 0.913. The Kier molecular flexibility index (Phi) is 5.09. The Balaban J connectivity index is 2.08. The van der Waals surface area contributed by atoms with Crippen molar-refractivity contribution in [1.82, 2.24) is 0 Å². The molecule has 0 bridgehead atoms. The fraction of sp³-hybridized carbons (Fsp3) is 0.133. The molecular weight excluding hydrogens is 315 g/mol. The molecular formula is C15H12ClFO3S. The second-order valence-corrected chi connectivity index (χ2v) is 6.30. The maximum atomic E-state index is 13.5. The molecule has 0 aliphatic heterocycles. The molecule has 0 fully saturated rings. The standard InChI is InChI=1S/C15H12ClFO3S/c16-13-4-2-1-3-11(13)9-21(20)8-10-5-6-12(15(18)19)14(17)7-10/h1-7H,8-9H2,(H,18,19). The predicted molar refractivity (Wildman–Crippen MR) is 80.4 cm³/mol. The first-order valence-electron chi connectivity index (χ1n) is 6.07. The van der Waals surface area contributed by atoms with Crippen LogP contribution in [0.1, 0.15) is 21.5 Å². The number of benzene rings is 2. The molecule has 0 saturated carbocycles. The van der Waals surface area contributed by atoms with Gasteiger partial charge in [0.05, 0.1) is 11.3 Å². The molecule has 0 aromatic heterocycles. The van der Waals surface area contributed by atoms with Gasteiger partial charge in [0, 0.05) is 21.6 Å². The third-order valence-corrected chi connectivity index (χ3v) is 4.52. The largest absolute Gasteiger partial charge is 0.478 e. The van der Waals surface area contributed by atoms with Crippen LogP contribution in [0.3, 0.4) is 0 Å². The Labute approximate surface area is 128 Å². The van der Waals surface area contributed by atoms with E-state index in [4.69, 9.17) is 16.7 Å². The number of halogens is 2. The van der Waals surface area contributed by atoms with Gasteiger partial charge in [-0.1, -0.05) is 35.9 Å². The molecule has 0 spiro atoms. The summed E-state index contributed by atoms with van der Waals surface area (Å²) < 4.78 is 25.6. The second kappa shape index (κ2) is 6.83. The summed E-state index contributed by atoms with van der Waals surface area (Å²) in [6, 6.07) is 10.9. The van der Waals surface area contributed by atoms with Crippen LogP contribution in [-0.2, 0) is 22.3 Å².